The first-order valence-corrected chi connectivity index (χ1v) is 3.98. The van der Waals surface area contributed by atoms with Crippen LogP contribution in [0.5, 0.6) is 11.5 Å². The summed E-state index contributed by atoms with van der Waals surface area (Å²) in [6.07, 6.45) is 0. The fourth-order valence-electron chi connectivity index (χ4n) is 0.877. The summed E-state index contributed by atoms with van der Waals surface area (Å²) in [6.45, 7) is 0. The molecule has 0 aliphatic rings. The first kappa shape index (κ1) is 9.60. The van der Waals surface area contributed by atoms with Crippen LogP contribution >= 0.6 is 12.2 Å². The van der Waals surface area contributed by atoms with Crippen molar-refractivity contribution in [2.75, 3.05) is 12.4 Å². The number of phenols is 1. The number of ether oxygens (including phenoxy) is 1. The Morgan fingerprint density at radius 2 is 2.31 bits per heavy atom. The molecule has 70 valence electrons. The normalized spacial score (nSPS) is 9.31. The zero-order chi connectivity index (χ0) is 9.84. The molecule has 4 nitrogen and oxygen atoms in total. The summed E-state index contributed by atoms with van der Waals surface area (Å²) in [7, 11) is 1.52. The van der Waals surface area contributed by atoms with Crippen molar-refractivity contribution in [3.63, 3.8) is 0 Å². The molecule has 0 fully saturated rings. The third-order valence-electron chi connectivity index (χ3n) is 1.46. The van der Waals surface area contributed by atoms with Crippen molar-refractivity contribution in [3.8, 4) is 11.5 Å². The quantitative estimate of drug-likeness (QED) is 0.489. The number of methoxy groups -OCH3 is 1. The molecule has 0 atom stereocenters. The Bertz CT molecular complexity index is 328. The number of rotatable bonds is 2. The van der Waals surface area contributed by atoms with Crippen molar-refractivity contribution in [2.24, 2.45) is 5.73 Å². The van der Waals surface area contributed by atoms with E-state index in [0.717, 1.165) is 0 Å². The van der Waals surface area contributed by atoms with Gasteiger partial charge >= 0.3 is 0 Å². The molecule has 0 unspecified atom stereocenters. The minimum absolute atomic E-state index is 0.0483. The molecule has 0 aliphatic carbocycles. The number of phenolic OH excluding ortho intramolecular Hbond substituents is 1. The van der Waals surface area contributed by atoms with E-state index in [4.69, 9.17) is 10.5 Å². The number of hydrogen-bond donors (Lipinski definition) is 3. The van der Waals surface area contributed by atoms with Crippen LogP contribution in [-0.2, 0) is 0 Å². The molecule has 0 aliphatic heterocycles. The predicted octanol–water partition coefficient (Wildman–Crippen LogP) is 1.06. The van der Waals surface area contributed by atoms with Crippen LogP contribution in [0.4, 0.5) is 5.69 Å². The summed E-state index contributed by atoms with van der Waals surface area (Å²) in [5, 5.41) is 12.2. The van der Waals surface area contributed by atoms with Gasteiger partial charge in [-0.2, -0.15) is 0 Å². The molecule has 13 heavy (non-hydrogen) atoms. The highest BCUT2D eigenvalue weighted by molar-refractivity contribution is 7.80. The number of hydrogen-bond acceptors (Lipinski definition) is 3. The molecule has 0 bridgehead atoms. The summed E-state index contributed by atoms with van der Waals surface area (Å²) in [5.74, 6) is 0.623. The van der Waals surface area contributed by atoms with E-state index < -0.39 is 0 Å². The second-order valence-corrected chi connectivity index (χ2v) is 2.81. The first-order valence-electron chi connectivity index (χ1n) is 3.57. The maximum Gasteiger partial charge on any atom is 0.168 e. The van der Waals surface area contributed by atoms with Crippen molar-refractivity contribution >= 4 is 23.0 Å². The predicted molar refractivity (Wildman–Crippen MR) is 55.1 cm³/mol. The zero-order valence-electron chi connectivity index (χ0n) is 7.07. The van der Waals surface area contributed by atoms with Gasteiger partial charge < -0.3 is 20.9 Å². The van der Waals surface area contributed by atoms with Crippen molar-refractivity contribution in [2.45, 2.75) is 0 Å². The number of nitrogens with one attached hydrogen (secondary N) is 1. The molecule has 0 saturated carbocycles. The lowest BCUT2D eigenvalue weighted by atomic mass is 10.3. The van der Waals surface area contributed by atoms with Crippen LogP contribution in [0.15, 0.2) is 18.2 Å². The van der Waals surface area contributed by atoms with Crippen LogP contribution < -0.4 is 15.8 Å². The van der Waals surface area contributed by atoms with E-state index in [9.17, 15) is 5.11 Å². The topological polar surface area (TPSA) is 67.5 Å². The van der Waals surface area contributed by atoms with Gasteiger partial charge in [0.25, 0.3) is 0 Å². The van der Waals surface area contributed by atoms with Crippen LogP contribution in [-0.4, -0.2) is 17.3 Å². The summed E-state index contributed by atoms with van der Waals surface area (Å²) in [6, 6.07) is 4.80. The van der Waals surface area contributed by atoms with Gasteiger partial charge in [-0.1, -0.05) is 0 Å². The van der Waals surface area contributed by atoms with Crippen molar-refractivity contribution < 1.29 is 9.84 Å². The fourth-order valence-corrected chi connectivity index (χ4v) is 0.987. The molecule has 1 aromatic rings. The second-order valence-electron chi connectivity index (χ2n) is 2.37. The summed E-state index contributed by atoms with van der Waals surface area (Å²) < 4.78 is 4.90. The van der Waals surface area contributed by atoms with Crippen molar-refractivity contribution in [1.29, 1.82) is 0 Å². The largest absolute Gasteiger partial charge is 0.506 e. The van der Waals surface area contributed by atoms with Gasteiger partial charge in [0, 0.05) is 6.07 Å². The molecule has 0 saturated heterocycles. The zero-order valence-corrected chi connectivity index (χ0v) is 7.89. The van der Waals surface area contributed by atoms with E-state index in [-0.39, 0.29) is 10.9 Å². The van der Waals surface area contributed by atoms with Crippen LogP contribution in [0.3, 0.4) is 0 Å². The fraction of sp³-hybridized carbons (Fsp3) is 0.125. The van der Waals surface area contributed by atoms with Crippen LogP contribution in [0, 0.1) is 0 Å². The van der Waals surface area contributed by atoms with Crippen LogP contribution in [0.1, 0.15) is 0 Å². The van der Waals surface area contributed by atoms with Gasteiger partial charge in [-0.15, -0.1) is 0 Å². The van der Waals surface area contributed by atoms with E-state index in [1.807, 2.05) is 0 Å². The highest BCUT2D eigenvalue weighted by atomic mass is 32.1. The van der Waals surface area contributed by atoms with Crippen LogP contribution in [0.25, 0.3) is 0 Å². The summed E-state index contributed by atoms with van der Waals surface area (Å²) >= 11 is 4.62. The molecular weight excluding hydrogens is 188 g/mol. The summed E-state index contributed by atoms with van der Waals surface area (Å²) in [4.78, 5) is 0. The average Bonchev–Trinajstić information content (AvgIpc) is 2.08. The summed E-state index contributed by atoms with van der Waals surface area (Å²) in [5.41, 5.74) is 5.71. The van der Waals surface area contributed by atoms with Gasteiger partial charge in [-0.05, 0) is 24.4 Å². The van der Waals surface area contributed by atoms with Gasteiger partial charge in [0.1, 0.15) is 11.5 Å². The van der Waals surface area contributed by atoms with E-state index in [2.05, 4.69) is 17.5 Å². The molecule has 0 amide bonds. The Balaban J connectivity index is 2.91. The Morgan fingerprint density at radius 1 is 1.62 bits per heavy atom. The lowest BCUT2D eigenvalue weighted by Crippen LogP contribution is -2.18. The second kappa shape index (κ2) is 3.95. The Kier molecular flexibility index (Phi) is 2.92. The lowest BCUT2D eigenvalue weighted by Gasteiger charge is -2.07. The van der Waals surface area contributed by atoms with Gasteiger partial charge in [0.15, 0.2) is 5.11 Å². The minimum Gasteiger partial charge on any atom is -0.506 e. The third-order valence-corrected chi connectivity index (χ3v) is 1.56. The number of benzene rings is 1. The van der Waals surface area contributed by atoms with Gasteiger partial charge in [0.05, 0.1) is 12.8 Å². The number of nitrogens with two attached hydrogens (primary N) is 1. The molecule has 1 rings (SSSR count). The average molecular weight is 198 g/mol. The lowest BCUT2D eigenvalue weighted by molar-refractivity contribution is 0.408. The molecule has 0 radical (unpaired) electrons. The maximum absolute atomic E-state index is 9.41. The highest BCUT2D eigenvalue weighted by Gasteiger charge is 2.02. The third kappa shape index (κ3) is 2.48. The molecule has 0 aromatic heterocycles. The minimum atomic E-state index is 0.0483. The van der Waals surface area contributed by atoms with E-state index in [1.165, 1.54) is 13.2 Å². The maximum atomic E-state index is 9.41. The van der Waals surface area contributed by atoms with Crippen molar-refractivity contribution in [1.82, 2.24) is 0 Å². The van der Waals surface area contributed by atoms with Gasteiger partial charge in [-0.25, -0.2) is 0 Å². The molecule has 4 N–H and O–H groups in total. The molecule has 0 spiro atoms. The number of aromatic hydroxyl groups is 1. The SMILES string of the molecule is COc1ccc(NC(N)=S)c(O)c1. The van der Waals surface area contributed by atoms with E-state index in [0.29, 0.717) is 11.4 Å². The van der Waals surface area contributed by atoms with E-state index in [1.54, 1.807) is 12.1 Å². The first-order chi connectivity index (χ1) is 6.13. The van der Waals surface area contributed by atoms with Crippen LogP contribution in [0.2, 0.25) is 0 Å². The standard InChI is InChI=1S/C8H10N2O2S/c1-12-5-2-3-6(7(11)4-5)10-8(9)13/h2-4,11H,1H3,(H3,9,10,13). The van der Waals surface area contributed by atoms with Gasteiger partial charge in [-0.3, -0.25) is 0 Å². The number of thiocarbonyl (C=S) groups is 1. The Hall–Kier alpha value is -1.49. The Morgan fingerprint density at radius 3 is 2.77 bits per heavy atom. The van der Waals surface area contributed by atoms with Gasteiger partial charge in [0.2, 0.25) is 0 Å². The molecule has 1 aromatic carbocycles. The van der Waals surface area contributed by atoms with Crippen molar-refractivity contribution in [3.05, 3.63) is 18.2 Å². The smallest absolute Gasteiger partial charge is 0.168 e. The van der Waals surface area contributed by atoms with E-state index >= 15 is 0 Å². The number of anilines is 1. The molecular formula is C8H10N2O2S. The monoisotopic (exact) mass is 198 g/mol. The molecule has 0 heterocycles. The molecule has 5 heteroatoms. The highest BCUT2D eigenvalue weighted by Crippen LogP contribution is 2.27. The Labute approximate surface area is 81.3 Å².